The van der Waals surface area contributed by atoms with Crippen LogP contribution in [0.4, 0.5) is 5.13 Å². The Bertz CT molecular complexity index is 801. The zero-order valence-corrected chi connectivity index (χ0v) is 16.1. The van der Waals surface area contributed by atoms with E-state index in [1.807, 2.05) is 38.1 Å². The van der Waals surface area contributed by atoms with E-state index in [1.165, 1.54) is 11.3 Å². The van der Waals surface area contributed by atoms with Crippen LogP contribution in [0.3, 0.4) is 0 Å². The maximum Gasteiger partial charge on any atom is 0.229 e. The molecular weight excluding hydrogens is 350 g/mol. The summed E-state index contributed by atoms with van der Waals surface area (Å²) in [5, 5.41) is 3.45. The number of anilines is 1. The van der Waals surface area contributed by atoms with E-state index in [0.717, 1.165) is 21.9 Å². The summed E-state index contributed by atoms with van der Waals surface area (Å²) >= 11 is 1.45. The lowest BCUT2D eigenvalue weighted by molar-refractivity contribution is -0.137. The maximum absolute atomic E-state index is 12.5. The van der Waals surface area contributed by atoms with Gasteiger partial charge >= 0.3 is 0 Å². The summed E-state index contributed by atoms with van der Waals surface area (Å²) in [5.41, 5.74) is 1.84. The van der Waals surface area contributed by atoms with Crippen LogP contribution < -0.4 is 10.1 Å². The molecule has 1 aromatic carbocycles. The molecule has 2 amide bonds. The van der Waals surface area contributed by atoms with Crippen molar-refractivity contribution in [3.63, 3.8) is 0 Å². The minimum atomic E-state index is -0.281. The Morgan fingerprint density at radius 3 is 2.77 bits per heavy atom. The molecule has 1 atom stereocenters. The average molecular weight is 373 g/mol. The quantitative estimate of drug-likeness (QED) is 0.873. The predicted octanol–water partition coefficient (Wildman–Crippen LogP) is 3.32. The second-order valence-corrected chi connectivity index (χ2v) is 7.58. The van der Waals surface area contributed by atoms with E-state index in [4.69, 9.17) is 4.74 Å². The van der Waals surface area contributed by atoms with Gasteiger partial charge in [0.15, 0.2) is 5.13 Å². The molecule has 0 radical (unpaired) electrons. The van der Waals surface area contributed by atoms with Gasteiger partial charge in [0.25, 0.3) is 0 Å². The summed E-state index contributed by atoms with van der Waals surface area (Å²) in [6.07, 6.45) is 0.947. The Balaban J connectivity index is 1.70. The fourth-order valence-electron chi connectivity index (χ4n) is 2.97. The van der Waals surface area contributed by atoms with Gasteiger partial charge in [0.05, 0.1) is 12.3 Å². The summed E-state index contributed by atoms with van der Waals surface area (Å²) in [4.78, 5) is 31.5. The number of aryl methyl sites for hydroxylation is 1. The first-order chi connectivity index (χ1) is 12.5. The van der Waals surface area contributed by atoms with Crippen LogP contribution in [-0.2, 0) is 9.59 Å². The van der Waals surface area contributed by atoms with Gasteiger partial charge in [-0.05, 0) is 44.5 Å². The number of aromatic nitrogens is 1. The van der Waals surface area contributed by atoms with Crippen molar-refractivity contribution in [1.29, 1.82) is 0 Å². The molecule has 6 nitrogen and oxygen atoms in total. The second kappa shape index (κ2) is 7.86. The molecule has 138 valence electrons. The average Bonchev–Trinajstić information content (AvgIpc) is 2.98. The second-order valence-electron chi connectivity index (χ2n) is 6.38. The van der Waals surface area contributed by atoms with Crippen molar-refractivity contribution in [3.8, 4) is 17.0 Å². The lowest BCUT2D eigenvalue weighted by atomic mass is 9.96. The Labute approximate surface area is 157 Å². The molecule has 7 heteroatoms. The van der Waals surface area contributed by atoms with Crippen LogP contribution >= 0.6 is 11.3 Å². The monoisotopic (exact) mass is 373 g/mol. The zero-order chi connectivity index (χ0) is 18.7. The summed E-state index contributed by atoms with van der Waals surface area (Å²) in [6, 6.07) is 7.77. The van der Waals surface area contributed by atoms with E-state index in [2.05, 4.69) is 10.3 Å². The van der Waals surface area contributed by atoms with Gasteiger partial charge in [-0.15, -0.1) is 11.3 Å². The molecule has 0 saturated carbocycles. The fourth-order valence-corrected chi connectivity index (χ4v) is 3.81. The number of nitrogens with one attached hydrogen (secondary N) is 1. The van der Waals surface area contributed by atoms with Crippen LogP contribution in [0, 0.1) is 12.8 Å². The van der Waals surface area contributed by atoms with Gasteiger partial charge in [-0.3, -0.25) is 9.59 Å². The third-order valence-corrected chi connectivity index (χ3v) is 5.38. The number of nitrogens with zero attached hydrogens (tertiary/aromatic N) is 2. The first-order valence-electron chi connectivity index (χ1n) is 8.73. The first kappa shape index (κ1) is 18.4. The van der Waals surface area contributed by atoms with Crippen LogP contribution in [0.15, 0.2) is 24.3 Å². The maximum atomic E-state index is 12.5. The third kappa shape index (κ3) is 4.04. The number of hydrogen-bond donors (Lipinski definition) is 1. The SMILES string of the molecule is CCOc1ccc(-c2nc(NC(=O)[C@@H]3CCN(C)C(=O)C3)sc2C)cc1. The number of carbonyl (C=O) groups is 2. The summed E-state index contributed by atoms with van der Waals surface area (Å²) < 4.78 is 5.46. The van der Waals surface area contributed by atoms with Crippen LogP contribution in [0.25, 0.3) is 11.3 Å². The number of piperidine rings is 1. The molecule has 1 aliphatic rings. The molecule has 0 bridgehead atoms. The summed E-state index contributed by atoms with van der Waals surface area (Å²) in [6.45, 7) is 5.18. The number of carbonyl (C=O) groups excluding carboxylic acids is 2. The molecule has 1 aliphatic heterocycles. The number of hydrogen-bond acceptors (Lipinski definition) is 5. The molecular formula is C19H23N3O3S. The van der Waals surface area contributed by atoms with Gasteiger partial charge in [-0.1, -0.05) is 0 Å². The number of benzene rings is 1. The van der Waals surface area contributed by atoms with E-state index in [1.54, 1.807) is 11.9 Å². The highest BCUT2D eigenvalue weighted by molar-refractivity contribution is 7.16. The van der Waals surface area contributed by atoms with Crippen LogP contribution in [-0.4, -0.2) is 41.9 Å². The lowest BCUT2D eigenvalue weighted by Gasteiger charge is -2.27. The number of ether oxygens (including phenoxy) is 1. The number of likely N-dealkylation sites (tertiary alicyclic amines) is 1. The summed E-state index contributed by atoms with van der Waals surface area (Å²) in [5.74, 6) is 0.432. The van der Waals surface area contributed by atoms with Crippen molar-refractivity contribution < 1.29 is 14.3 Å². The molecule has 3 rings (SSSR count). The van der Waals surface area contributed by atoms with Gasteiger partial charge in [0.1, 0.15) is 5.75 Å². The van der Waals surface area contributed by atoms with Crippen LogP contribution in [0.1, 0.15) is 24.6 Å². The van der Waals surface area contributed by atoms with Gasteiger partial charge in [0, 0.05) is 36.4 Å². The Morgan fingerprint density at radius 2 is 2.12 bits per heavy atom. The van der Waals surface area contributed by atoms with E-state index >= 15 is 0 Å². The van der Waals surface area contributed by atoms with Gasteiger partial charge in [-0.25, -0.2) is 4.98 Å². The van der Waals surface area contributed by atoms with Crippen molar-refractivity contribution in [2.45, 2.75) is 26.7 Å². The minimum Gasteiger partial charge on any atom is -0.494 e. The van der Waals surface area contributed by atoms with Crippen molar-refractivity contribution >= 4 is 28.3 Å². The summed E-state index contributed by atoms with van der Waals surface area (Å²) in [7, 11) is 1.77. The van der Waals surface area contributed by atoms with E-state index in [0.29, 0.717) is 24.7 Å². The Kier molecular flexibility index (Phi) is 5.56. The van der Waals surface area contributed by atoms with Crippen molar-refractivity contribution in [3.05, 3.63) is 29.1 Å². The Hall–Kier alpha value is -2.41. The first-order valence-corrected chi connectivity index (χ1v) is 9.55. The normalized spacial score (nSPS) is 17.3. The van der Waals surface area contributed by atoms with Crippen molar-refractivity contribution in [2.24, 2.45) is 5.92 Å². The van der Waals surface area contributed by atoms with E-state index in [-0.39, 0.29) is 24.2 Å². The van der Waals surface area contributed by atoms with Gasteiger partial charge in [-0.2, -0.15) is 0 Å². The van der Waals surface area contributed by atoms with E-state index in [9.17, 15) is 9.59 Å². The lowest BCUT2D eigenvalue weighted by Crippen LogP contribution is -2.39. The molecule has 1 fully saturated rings. The highest BCUT2D eigenvalue weighted by Crippen LogP contribution is 2.32. The molecule has 0 aliphatic carbocycles. The number of amides is 2. The van der Waals surface area contributed by atoms with Gasteiger partial charge < -0.3 is 15.0 Å². The minimum absolute atomic E-state index is 0.0156. The fraction of sp³-hybridized carbons (Fsp3) is 0.421. The highest BCUT2D eigenvalue weighted by Gasteiger charge is 2.29. The molecule has 2 heterocycles. The van der Waals surface area contributed by atoms with Crippen molar-refractivity contribution in [1.82, 2.24) is 9.88 Å². The van der Waals surface area contributed by atoms with Crippen LogP contribution in [0.5, 0.6) is 5.75 Å². The number of thiazole rings is 1. The largest absolute Gasteiger partial charge is 0.494 e. The molecule has 26 heavy (non-hydrogen) atoms. The molecule has 1 saturated heterocycles. The Morgan fingerprint density at radius 1 is 1.38 bits per heavy atom. The third-order valence-electron chi connectivity index (χ3n) is 4.50. The highest BCUT2D eigenvalue weighted by atomic mass is 32.1. The zero-order valence-electron chi connectivity index (χ0n) is 15.2. The van der Waals surface area contributed by atoms with Gasteiger partial charge in [0.2, 0.25) is 11.8 Å². The topological polar surface area (TPSA) is 71.5 Å². The molecule has 1 aromatic heterocycles. The molecule has 0 spiro atoms. The predicted molar refractivity (Wildman–Crippen MR) is 102 cm³/mol. The molecule has 2 aromatic rings. The smallest absolute Gasteiger partial charge is 0.229 e. The van der Waals surface area contributed by atoms with E-state index < -0.39 is 0 Å². The number of rotatable bonds is 5. The molecule has 1 N–H and O–H groups in total. The van der Waals surface area contributed by atoms with Crippen LogP contribution in [0.2, 0.25) is 0 Å². The standard InChI is InChI=1S/C19H23N3O3S/c1-4-25-15-7-5-13(6-8-15)17-12(2)26-19(20-17)21-18(24)14-9-10-22(3)16(23)11-14/h5-8,14H,4,9-11H2,1-3H3,(H,20,21,24)/t14-/m1/s1. The van der Waals surface area contributed by atoms with Crippen molar-refractivity contribution in [2.75, 3.05) is 25.5 Å². The molecule has 0 unspecified atom stereocenters.